The molecule has 1 aromatic carbocycles. The van der Waals surface area contributed by atoms with Crippen molar-refractivity contribution >= 4 is 5.69 Å². The Hall–Kier alpha value is -1.02. The van der Waals surface area contributed by atoms with Crippen molar-refractivity contribution in [1.29, 1.82) is 0 Å². The van der Waals surface area contributed by atoms with E-state index in [2.05, 4.69) is 48.5 Å². The SMILES string of the molecule is CCCCN(C)CC1CNc2ccccc2C1. The molecule has 1 aliphatic heterocycles. The Morgan fingerprint density at radius 2 is 2.18 bits per heavy atom. The highest BCUT2D eigenvalue weighted by Crippen LogP contribution is 2.24. The minimum atomic E-state index is 0.756. The molecule has 17 heavy (non-hydrogen) atoms. The fraction of sp³-hybridized carbons (Fsp3) is 0.600. The lowest BCUT2D eigenvalue weighted by Crippen LogP contribution is -2.34. The molecule has 2 nitrogen and oxygen atoms in total. The van der Waals surface area contributed by atoms with Crippen LogP contribution >= 0.6 is 0 Å². The van der Waals surface area contributed by atoms with Gasteiger partial charge in [0.2, 0.25) is 0 Å². The predicted octanol–water partition coefficient (Wildman–Crippen LogP) is 3.00. The largest absolute Gasteiger partial charge is 0.384 e. The summed E-state index contributed by atoms with van der Waals surface area (Å²) in [4.78, 5) is 2.48. The molecular weight excluding hydrogens is 208 g/mol. The molecule has 1 unspecified atom stereocenters. The summed E-state index contributed by atoms with van der Waals surface area (Å²) < 4.78 is 0. The van der Waals surface area contributed by atoms with Gasteiger partial charge in [0.25, 0.3) is 0 Å². The number of para-hydroxylation sites is 1. The molecule has 2 rings (SSSR count). The Bertz CT molecular complexity index is 349. The van der Waals surface area contributed by atoms with Gasteiger partial charge in [0.05, 0.1) is 0 Å². The van der Waals surface area contributed by atoms with Gasteiger partial charge < -0.3 is 10.2 Å². The van der Waals surface area contributed by atoms with E-state index in [1.54, 1.807) is 0 Å². The van der Waals surface area contributed by atoms with E-state index >= 15 is 0 Å². The molecule has 0 fully saturated rings. The Labute approximate surface area is 105 Å². The summed E-state index contributed by atoms with van der Waals surface area (Å²) in [7, 11) is 2.25. The van der Waals surface area contributed by atoms with E-state index in [4.69, 9.17) is 0 Å². The molecule has 0 radical (unpaired) electrons. The average molecular weight is 232 g/mol. The van der Waals surface area contributed by atoms with Crippen LogP contribution in [0.25, 0.3) is 0 Å². The zero-order chi connectivity index (χ0) is 12.1. The van der Waals surface area contributed by atoms with Crippen molar-refractivity contribution in [2.24, 2.45) is 5.92 Å². The molecule has 0 spiro atoms. The molecule has 0 aromatic heterocycles. The predicted molar refractivity (Wildman–Crippen MR) is 74.5 cm³/mol. The van der Waals surface area contributed by atoms with Crippen molar-refractivity contribution in [3.05, 3.63) is 29.8 Å². The fourth-order valence-corrected chi connectivity index (χ4v) is 2.60. The molecule has 1 heterocycles. The number of fused-ring (bicyclic) bond motifs is 1. The second-order valence-electron chi connectivity index (χ2n) is 5.22. The highest BCUT2D eigenvalue weighted by atomic mass is 15.1. The second-order valence-corrected chi connectivity index (χ2v) is 5.22. The Balaban J connectivity index is 1.85. The van der Waals surface area contributed by atoms with Crippen LogP contribution in [0.1, 0.15) is 25.3 Å². The van der Waals surface area contributed by atoms with Crippen LogP contribution in [0.15, 0.2) is 24.3 Å². The first-order valence-corrected chi connectivity index (χ1v) is 6.80. The number of hydrogen-bond acceptors (Lipinski definition) is 2. The summed E-state index contributed by atoms with van der Waals surface area (Å²) in [5.41, 5.74) is 2.81. The number of nitrogens with zero attached hydrogens (tertiary/aromatic N) is 1. The summed E-state index contributed by atoms with van der Waals surface area (Å²) in [6.45, 7) is 5.82. The van der Waals surface area contributed by atoms with Crippen LogP contribution in [0.3, 0.4) is 0 Å². The summed E-state index contributed by atoms with van der Waals surface area (Å²) in [6.07, 6.45) is 3.82. The fourth-order valence-electron chi connectivity index (χ4n) is 2.60. The van der Waals surface area contributed by atoms with E-state index in [1.165, 1.54) is 43.6 Å². The van der Waals surface area contributed by atoms with Crippen LogP contribution in [0.2, 0.25) is 0 Å². The maximum Gasteiger partial charge on any atom is 0.0372 e. The first kappa shape index (κ1) is 12.4. The van der Waals surface area contributed by atoms with Crippen molar-refractivity contribution in [3.63, 3.8) is 0 Å². The van der Waals surface area contributed by atoms with Crippen LogP contribution < -0.4 is 5.32 Å². The Morgan fingerprint density at radius 3 is 3.00 bits per heavy atom. The van der Waals surface area contributed by atoms with Gasteiger partial charge in [0.15, 0.2) is 0 Å². The van der Waals surface area contributed by atoms with E-state index in [-0.39, 0.29) is 0 Å². The van der Waals surface area contributed by atoms with E-state index in [0.29, 0.717) is 0 Å². The van der Waals surface area contributed by atoms with Crippen LogP contribution in [-0.2, 0) is 6.42 Å². The van der Waals surface area contributed by atoms with Crippen LogP contribution in [0.4, 0.5) is 5.69 Å². The molecule has 0 aliphatic carbocycles. The van der Waals surface area contributed by atoms with E-state index in [1.807, 2.05) is 0 Å². The van der Waals surface area contributed by atoms with Gasteiger partial charge in [0.1, 0.15) is 0 Å². The standard InChI is InChI=1S/C15H24N2/c1-3-4-9-17(2)12-13-10-14-7-5-6-8-15(14)16-11-13/h5-8,13,16H,3-4,9-12H2,1-2H3. The van der Waals surface area contributed by atoms with Crippen molar-refractivity contribution < 1.29 is 0 Å². The van der Waals surface area contributed by atoms with Gasteiger partial charge in [-0.3, -0.25) is 0 Å². The lowest BCUT2D eigenvalue weighted by Gasteiger charge is -2.29. The molecule has 94 valence electrons. The molecule has 0 saturated heterocycles. The van der Waals surface area contributed by atoms with E-state index in [9.17, 15) is 0 Å². The third-order valence-electron chi connectivity index (χ3n) is 3.57. The number of nitrogens with one attached hydrogen (secondary N) is 1. The summed E-state index contributed by atoms with van der Waals surface area (Å²) in [6, 6.07) is 8.69. The van der Waals surface area contributed by atoms with Gasteiger partial charge in [-0.1, -0.05) is 31.5 Å². The topological polar surface area (TPSA) is 15.3 Å². The molecule has 1 N–H and O–H groups in total. The zero-order valence-corrected chi connectivity index (χ0v) is 11.1. The zero-order valence-electron chi connectivity index (χ0n) is 11.1. The monoisotopic (exact) mass is 232 g/mol. The number of unbranched alkanes of at least 4 members (excludes halogenated alkanes) is 1. The van der Waals surface area contributed by atoms with Crippen molar-refractivity contribution in [2.45, 2.75) is 26.2 Å². The van der Waals surface area contributed by atoms with E-state index in [0.717, 1.165) is 12.5 Å². The lowest BCUT2D eigenvalue weighted by molar-refractivity contribution is 0.274. The highest BCUT2D eigenvalue weighted by molar-refractivity contribution is 5.53. The minimum absolute atomic E-state index is 0.756. The van der Waals surface area contributed by atoms with Gasteiger partial charge in [-0.2, -0.15) is 0 Å². The molecule has 1 atom stereocenters. The van der Waals surface area contributed by atoms with Gasteiger partial charge in [-0.15, -0.1) is 0 Å². The molecule has 0 amide bonds. The first-order chi connectivity index (χ1) is 8.29. The van der Waals surface area contributed by atoms with Crippen molar-refractivity contribution in [2.75, 3.05) is 32.0 Å². The van der Waals surface area contributed by atoms with Crippen molar-refractivity contribution in [3.8, 4) is 0 Å². The summed E-state index contributed by atoms with van der Waals surface area (Å²) >= 11 is 0. The summed E-state index contributed by atoms with van der Waals surface area (Å²) in [5.74, 6) is 0.756. The van der Waals surface area contributed by atoms with E-state index < -0.39 is 0 Å². The number of anilines is 1. The lowest BCUT2D eigenvalue weighted by atomic mass is 9.93. The van der Waals surface area contributed by atoms with Crippen molar-refractivity contribution in [1.82, 2.24) is 4.90 Å². The minimum Gasteiger partial charge on any atom is -0.384 e. The van der Waals surface area contributed by atoms with Crippen LogP contribution in [0.5, 0.6) is 0 Å². The first-order valence-electron chi connectivity index (χ1n) is 6.80. The van der Waals surface area contributed by atoms with Gasteiger partial charge in [-0.05, 0) is 44.0 Å². The van der Waals surface area contributed by atoms with Gasteiger partial charge >= 0.3 is 0 Å². The van der Waals surface area contributed by atoms with Gasteiger partial charge in [-0.25, -0.2) is 0 Å². The molecule has 1 aromatic rings. The smallest absolute Gasteiger partial charge is 0.0372 e. The van der Waals surface area contributed by atoms with Gasteiger partial charge in [0, 0.05) is 18.8 Å². The summed E-state index contributed by atoms with van der Waals surface area (Å²) in [5, 5.41) is 3.55. The average Bonchev–Trinajstić information content (AvgIpc) is 2.36. The number of benzene rings is 1. The molecule has 2 heteroatoms. The highest BCUT2D eigenvalue weighted by Gasteiger charge is 2.18. The maximum absolute atomic E-state index is 3.55. The molecule has 0 bridgehead atoms. The third kappa shape index (κ3) is 3.47. The normalized spacial score (nSPS) is 18.9. The third-order valence-corrected chi connectivity index (χ3v) is 3.57. The van der Waals surface area contributed by atoms with Crippen LogP contribution in [-0.4, -0.2) is 31.6 Å². The quantitative estimate of drug-likeness (QED) is 0.839. The molecule has 1 aliphatic rings. The molecule has 0 saturated carbocycles. The van der Waals surface area contributed by atoms with Crippen LogP contribution in [0, 0.1) is 5.92 Å². The number of hydrogen-bond donors (Lipinski definition) is 1. The second kappa shape index (κ2) is 6.06. The Morgan fingerprint density at radius 1 is 1.35 bits per heavy atom. The maximum atomic E-state index is 3.55. The Kier molecular flexibility index (Phi) is 4.43. The molecular formula is C15H24N2. The number of rotatable bonds is 5.